The Balaban J connectivity index is 1.92. The maximum Gasteiger partial charge on any atom is 0.230 e. The number of nitrogens with one attached hydrogen (secondary N) is 1. The Hall–Kier alpha value is -3.05. The van der Waals surface area contributed by atoms with Gasteiger partial charge in [0.05, 0.1) is 16.6 Å². The van der Waals surface area contributed by atoms with E-state index in [2.05, 4.69) is 10.2 Å². The average Bonchev–Trinajstić information content (AvgIpc) is 2.93. The summed E-state index contributed by atoms with van der Waals surface area (Å²) in [5, 5.41) is 14.0. The van der Waals surface area contributed by atoms with Crippen LogP contribution in [0.5, 0.6) is 5.75 Å². The SMILES string of the molecule is [B]C(CCC=O)(C(=O)NC)N(C)C([B])(O)c1c(C=O)cccc1OCc1cccc(CN2CC(C)(C)OC(C)(C)C2)c1F. The summed E-state index contributed by atoms with van der Waals surface area (Å²) < 4.78 is 27.9. The molecule has 12 heteroatoms. The first-order valence-corrected chi connectivity index (χ1v) is 14.1. The fourth-order valence-corrected chi connectivity index (χ4v) is 5.88. The van der Waals surface area contributed by atoms with E-state index in [1.165, 1.54) is 32.3 Å². The van der Waals surface area contributed by atoms with E-state index in [4.69, 9.17) is 25.2 Å². The van der Waals surface area contributed by atoms with E-state index in [0.717, 1.165) is 4.90 Å². The highest BCUT2D eigenvalue weighted by molar-refractivity contribution is 6.29. The van der Waals surface area contributed by atoms with Crippen LogP contribution in [0.25, 0.3) is 0 Å². The summed E-state index contributed by atoms with van der Waals surface area (Å²) in [7, 11) is 15.4. The van der Waals surface area contributed by atoms with Crippen molar-refractivity contribution in [3.05, 3.63) is 64.5 Å². The molecule has 0 bridgehead atoms. The van der Waals surface area contributed by atoms with Gasteiger partial charge in [-0.05, 0) is 47.2 Å². The molecule has 2 aromatic rings. The molecule has 4 radical (unpaired) electrons. The Morgan fingerprint density at radius 2 is 1.74 bits per heavy atom. The maximum absolute atomic E-state index is 15.8. The van der Waals surface area contributed by atoms with Crippen LogP contribution in [-0.2, 0) is 33.1 Å². The number of aliphatic hydroxyl groups is 1. The zero-order valence-corrected chi connectivity index (χ0v) is 25.8. The van der Waals surface area contributed by atoms with Gasteiger partial charge >= 0.3 is 0 Å². The zero-order chi connectivity index (χ0) is 32.2. The molecule has 1 fully saturated rings. The minimum absolute atomic E-state index is 0.0161. The van der Waals surface area contributed by atoms with Gasteiger partial charge in [0, 0.05) is 55.4 Å². The summed E-state index contributed by atoms with van der Waals surface area (Å²) in [6.45, 7) is 9.42. The van der Waals surface area contributed by atoms with Crippen LogP contribution < -0.4 is 10.1 Å². The van der Waals surface area contributed by atoms with Crippen molar-refractivity contribution in [3.8, 4) is 5.75 Å². The number of carbonyl (C=O) groups is 3. The van der Waals surface area contributed by atoms with Gasteiger partial charge in [0.1, 0.15) is 45.8 Å². The van der Waals surface area contributed by atoms with Gasteiger partial charge in [-0.25, -0.2) is 4.39 Å². The Bertz CT molecular complexity index is 1320. The number of hydrogen-bond acceptors (Lipinski definition) is 8. The predicted octanol–water partition coefficient (Wildman–Crippen LogP) is 2.40. The molecule has 9 nitrogen and oxygen atoms in total. The molecule has 1 aliphatic heterocycles. The second kappa shape index (κ2) is 13.3. The molecular formula is C31H40B2FN3O6. The number of likely N-dealkylation sites (N-methyl/N-ethyl adjacent to an activating group) is 2. The molecule has 2 atom stereocenters. The largest absolute Gasteiger partial charge is 0.488 e. The summed E-state index contributed by atoms with van der Waals surface area (Å²) >= 11 is 0. The number of benzene rings is 2. The number of hydrogen-bond donors (Lipinski definition) is 2. The van der Waals surface area contributed by atoms with Gasteiger partial charge in [-0.15, -0.1) is 0 Å². The Morgan fingerprint density at radius 1 is 1.14 bits per heavy atom. The fourth-order valence-electron chi connectivity index (χ4n) is 5.88. The number of carbonyl (C=O) groups excluding carboxylic acids is 3. The first-order chi connectivity index (χ1) is 20.0. The van der Waals surface area contributed by atoms with Crippen LogP contribution in [0.2, 0.25) is 0 Å². The summed E-state index contributed by atoms with van der Waals surface area (Å²) in [5.74, 6) is -1.16. The van der Waals surface area contributed by atoms with E-state index in [-0.39, 0.29) is 41.9 Å². The van der Waals surface area contributed by atoms with Crippen LogP contribution in [0, 0.1) is 5.82 Å². The highest BCUT2D eigenvalue weighted by Gasteiger charge is 2.46. The number of aldehydes is 2. The minimum atomic E-state index is -2.52. The van der Waals surface area contributed by atoms with Crippen molar-refractivity contribution in [2.45, 2.75) is 76.0 Å². The van der Waals surface area contributed by atoms with Gasteiger partial charge in [-0.3, -0.25) is 19.4 Å². The van der Waals surface area contributed by atoms with E-state index in [0.29, 0.717) is 37.8 Å². The molecule has 2 unspecified atom stereocenters. The zero-order valence-electron chi connectivity index (χ0n) is 25.8. The Kier molecular flexibility index (Phi) is 10.7. The third-order valence-corrected chi connectivity index (χ3v) is 7.62. The monoisotopic (exact) mass is 591 g/mol. The van der Waals surface area contributed by atoms with Gasteiger partial charge in [-0.2, -0.15) is 0 Å². The van der Waals surface area contributed by atoms with Crippen LogP contribution in [0.3, 0.4) is 0 Å². The second-order valence-electron chi connectivity index (χ2n) is 12.3. The van der Waals surface area contributed by atoms with Crippen LogP contribution in [-0.4, -0.2) is 92.9 Å². The lowest BCUT2D eigenvalue weighted by atomic mass is 9.67. The molecule has 2 aromatic carbocycles. The molecule has 43 heavy (non-hydrogen) atoms. The molecule has 1 heterocycles. The van der Waals surface area contributed by atoms with Crippen molar-refractivity contribution in [2.75, 3.05) is 27.2 Å². The number of amides is 1. The van der Waals surface area contributed by atoms with E-state index < -0.39 is 34.0 Å². The molecule has 1 saturated heterocycles. The molecule has 228 valence electrons. The summed E-state index contributed by atoms with van der Waals surface area (Å²) in [5.41, 5.74) is -4.70. The highest BCUT2D eigenvalue weighted by Crippen LogP contribution is 2.37. The Morgan fingerprint density at radius 3 is 2.33 bits per heavy atom. The maximum atomic E-state index is 15.8. The van der Waals surface area contributed by atoms with Gasteiger partial charge in [0.15, 0.2) is 6.29 Å². The summed E-state index contributed by atoms with van der Waals surface area (Å²) in [4.78, 5) is 39.0. The third kappa shape index (κ3) is 7.73. The van der Waals surface area contributed by atoms with Crippen molar-refractivity contribution in [2.24, 2.45) is 0 Å². The standard InChI is InChI=1S/C31H40B2FN3O6/c1-28(2)19-37(20-29(3,4)43-28)16-21-10-7-12-23(26(21)34)18-42-24-13-8-11-22(17-39)25(24)31(33,41)36(6)30(32,14-9-15-38)27(40)35-5/h7-8,10-13,15,17,41H,9,14,16,18-20H2,1-6H3,(H,35,40). The second-order valence-corrected chi connectivity index (χ2v) is 12.3. The fraction of sp³-hybridized carbons (Fsp3) is 0.516. The van der Waals surface area contributed by atoms with Crippen LogP contribution in [0.1, 0.15) is 67.6 Å². The van der Waals surface area contributed by atoms with E-state index in [1.54, 1.807) is 18.2 Å². The van der Waals surface area contributed by atoms with Crippen LogP contribution in [0.4, 0.5) is 4.39 Å². The molecule has 3 rings (SSSR count). The summed E-state index contributed by atoms with van der Waals surface area (Å²) in [6, 6.07) is 9.45. The lowest BCUT2D eigenvalue weighted by Gasteiger charge is -2.47. The lowest BCUT2D eigenvalue weighted by molar-refractivity contribution is -0.182. The van der Waals surface area contributed by atoms with E-state index in [9.17, 15) is 19.5 Å². The molecule has 2 N–H and O–H groups in total. The number of nitrogens with zero attached hydrogens (tertiary/aromatic N) is 2. The number of morpholine rings is 1. The quantitative estimate of drug-likeness (QED) is 0.208. The average molecular weight is 591 g/mol. The topological polar surface area (TPSA) is 108 Å². The number of rotatable bonds is 13. The van der Waals surface area contributed by atoms with E-state index in [1.807, 2.05) is 27.7 Å². The molecule has 1 aliphatic rings. The molecule has 1 amide bonds. The number of ether oxygens (including phenoxy) is 2. The van der Waals surface area contributed by atoms with Crippen molar-refractivity contribution in [1.29, 1.82) is 0 Å². The first-order valence-electron chi connectivity index (χ1n) is 14.1. The van der Waals surface area contributed by atoms with E-state index >= 15 is 4.39 Å². The molecule has 0 aromatic heterocycles. The first kappa shape index (κ1) is 34.4. The Labute approximate surface area is 255 Å². The molecule has 0 spiro atoms. The summed E-state index contributed by atoms with van der Waals surface area (Å²) in [6.07, 6.45) is 0.786. The van der Waals surface area contributed by atoms with Crippen molar-refractivity contribution in [3.63, 3.8) is 0 Å². The smallest absolute Gasteiger partial charge is 0.230 e. The predicted molar refractivity (Wildman–Crippen MR) is 162 cm³/mol. The van der Waals surface area contributed by atoms with Gasteiger partial charge in [0.25, 0.3) is 0 Å². The molecule has 0 aliphatic carbocycles. The van der Waals surface area contributed by atoms with Gasteiger partial charge in [-0.1, -0.05) is 30.3 Å². The normalized spacial score (nSPS) is 19.2. The van der Waals surface area contributed by atoms with Crippen LogP contribution in [0.15, 0.2) is 36.4 Å². The molecular weight excluding hydrogens is 551 g/mol. The van der Waals surface area contributed by atoms with Crippen molar-refractivity contribution < 1.29 is 33.4 Å². The van der Waals surface area contributed by atoms with Crippen molar-refractivity contribution >= 4 is 34.2 Å². The van der Waals surface area contributed by atoms with Gasteiger partial charge < -0.3 is 24.7 Å². The lowest BCUT2D eigenvalue weighted by Crippen LogP contribution is -2.64. The van der Waals surface area contributed by atoms with Crippen LogP contribution >= 0.6 is 0 Å². The number of halogens is 1. The van der Waals surface area contributed by atoms with Crippen molar-refractivity contribution in [1.82, 2.24) is 15.1 Å². The highest BCUT2D eigenvalue weighted by atomic mass is 19.1. The minimum Gasteiger partial charge on any atom is -0.488 e. The van der Waals surface area contributed by atoms with Gasteiger partial charge in [0.2, 0.25) is 5.91 Å². The molecule has 0 saturated carbocycles. The third-order valence-electron chi connectivity index (χ3n) is 7.62.